The summed E-state index contributed by atoms with van der Waals surface area (Å²) in [5, 5.41) is 2.82. The third kappa shape index (κ3) is 4.72. The van der Waals surface area contributed by atoms with E-state index in [0.29, 0.717) is 25.5 Å². The van der Waals surface area contributed by atoms with Gasteiger partial charge in [-0.1, -0.05) is 12.1 Å². The maximum absolute atomic E-state index is 14.7. The summed E-state index contributed by atoms with van der Waals surface area (Å²) in [4.78, 5) is 28.1. The Morgan fingerprint density at radius 2 is 1.83 bits per heavy atom. The molecule has 0 spiro atoms. The molecule has 4 atom stereocenters. The first-order chi connectivity index (χ1) is 16.8. The summed E-state index contributed by atoms with van der Waals surface area (Å²) in [7, 11) is -3.54. The fourth-order valence-corrected chi connectivity index (χ4v) is 5.78. The first-order valence-corrected chi connectivity index (χ1v) is 13.5. The zero-order chi connectivity index (χ0) is 26.0. The molecule has 1 N–H and O–H groups in total. The van der Waals surface area contributed by atoms with Gasteiger partial charge in [0.25, 0.3) is 5.91 Å². The second-order valence-corrected chi connectivity index (χ2v) is 11.9. The molecule has 5 rings (SSSR count). The molecule has 1 aliphatic heterocycles. The number of alkyl halides is 3. The van der Waals surface area contributed by atoms with Gasteiger partial charge in [0.15, 0.2) is 9.84 Å². The minimum Gasteiger partial charge on any atom is -0.347 e. The van der Waals surface area contributed by atoms with Crippen LogP contribution in [0.15, 0.2) is 47.4 Å². The lowest BCUT2D eigenvalue weighted by Gasteiger charge is -2.29. The zero-order valence-corrected chi connectivity index (χ0v) is 20.1. The molecule has 2 saturated carbocycles. The van der Waals surface area contributed by atoms with Crippen LogP contribution in [0.3, 0.4) is 0 Å². The number of piperidine rings is 1. The minimum atomic E-state index is -4.68. The molecule has 192 valence electrons. The smallest absolute Gasteiger partial charge is 0.347 e. The van der Waals surface area contributed by atoms with Crippen LogP contribution in [0.1, 0.15) is 46.8 Å². The van der Waals surface area contributed by atoms with E-state index in [2.05, 4.69) is 5.32 Å². The number of benzene rings is 2. The van der Waals surface area contributed by atoms with Crippen molar-refractivity contribution in [3.8, 4) is 0 Å². The van der Waals surface area contributed by atoms with E-state index in [9.17, 15) is 35.6 Å². The Kier molecular flexibility index (Phi) is 5.89. The SMILES string of the molecule is CS(=O)(=O)c1cccc(C(=O)N2CC3C[C@@H]3[C@@H]2C(=O)N[C@@H](c2ccc(C(F)(F)F)cc2F)C2CC2)c1. The lowest BCUT2D eigenvalue weighted by Crippen LogP contribution is -2.49. The van der Waals surface area contributed by atoms with Gasteiger partial charge in [-0.05, 0) is 67.3 Å². The first-order valence-electron chi connectivity index (χ1n) is 11.6. The van der Waals surface area contributed by atoms with Gasteiger partial charge in [0.05, 0.1) is 16.5 Å². The third-order valence-corrected chi connectivity index (χ3v) is 8.35. The van der Waals surface area contributed by atoms with Crippen LogP contribution in [0.2, 0.25) is 0 Å². The Balaban J connectivity index is 1.38. The Hall–Kier alpha value is -2.95. The van der Waals surface area contributed by atoms with Crippen molar-refractivity contribution in [2.75, 3.05) is 12.8 Å². The van der Waals surface area contributed by atoms with Crippen molar-refractivity contribution >= 4 is 21.7 Å². The molecule has 2 aromatic carbocycles. The van der Waals surface area contributed by atoms with Gasteiger partial charge in [0.1, 0.15) is 11.9 Å². The number of likely N-dealkylation sites (tertiary alicyclic amines) is 1. The maximum atomic E-state index is 14.7. The number of hydrogen-bond donors (Lipinski definition) is 1. The molecule has 0 aromatic heterocycles. The Labute approximate surface area is 205 Å². The quantitative estimate of drug-likeness (QED) is 0.580. The van der Waals surface area contributed by atoms with E-state index in [4.69, 9.17) is 0 Å². The maximum Gasteiger partial charge on any atom is 0.416 e. The van der Waals surface area contributed by atoms with Crippen LogP contribution in [0.4, 0.5) is 17.6 Å². The lowest BCUT2D eigenvalue weighted by atomic mass is 9.99. The predicted molar refractivity (Wildman–Crippen MR) is 121 cm³/mol. The van der Waals surface area contributed by atoms with Crippen molar-refractivity contribution in [3.05, 3.63) is 65.0 Å². The molecule has 1 heterocycles. The fourth-order valence-electron chi connectivity index (χ4n) is 5.11. The summed E-state index contributed by atoms with van der Waals surface area (Å²) < 4.78 is 77.5. The lowest BCUT2D eigenvalue weighted by molar-refractivity contribution is -0.137. The van der Waals surface area contributed by atoms with Crippen LogP contribution >= 0.6 is 0 Å². The molecule has 3 aliphatic rings. The standard InChI is InChI=1S/C25H24F4N2O4S/c1-36(34,35)17-4-2-3-14(9-17)24(33)31-12-15-10-19(15)22(31)23(32)30-21(13-5-6-13)18-8-7-16(11-20(18)26)25(27,28)29/h2-4,7-9,11,13,15,19,21-22H,5-6,10,12H2,1H3,(H,30,32)/t15?,19-,21+,22+/m0/s1. The second kappa shape index (κ2) is 8.57. The van der Waals surface area contributed by atoms with E-state index in [1.165, 1.54) is 29.2 Å². The van der Waals surface area contributed by atoms with Gasteiger partial charge in [0, 0.05) is 23.9 Å². The van der Waals surface area contributed by atoms with Gasteiger partial charge < -0.3 is 10.2 Å². The van der Waals surface area contributed by atoms with E-state index in [0.717, 1.165) is 24.8 Å². The molecule has 3 fully saturated rings. The van der Waals surface area contributed by atoms with E-state index in [-0.39, 0.29) is 33.8 Å². The highest BCUT2D eigenvalue weighted by Crippen LogP contribution is 2.50. The number of nitrogens with zero attached hydrogens (tertiary/aromatic N) is 1. The van der Waals surface area contributed by atoms with Crippen molar-refractivity contribution < 1.29 is 35.6 Å². The number of fused-ring (bicyclic) bond motifs is 1. The molecule has 11 heteroatoms. The summed E-state index contributed by atoms with van der Waals surface area (Å²) in [6.45, 7) is 0.341. The largest absolute Gasteiger partial charge is 0.416 e. The van der Waals surface area contributed by atoms with E-state index in [1.807, 2.05) is 0 Å². The van der Waals surface area contributed by atoms with Crippen LogP contribution in [0.25, 0.3) is 0 Å². The highest BCUT2D eigenvalue weighted by molar-refractivity contribution is 7.90. The fraction of sp³-hybridized carbons (Fsp3) is 0.440. The van der Waals surface area contributed by atoms with Crippen LogP contribution in [-0.2, 0) is 20.8 Å². The van der Waals surface area contributed by atoms with E-state index < -0.39 is 51.3 Å². The van der Waals surface area contributed by atoms with Gasteiger partial charge in [-0.15, -0.1) is 0 Å². The molecule has 0 bridgehead atoms. The number of sulfone groups is 1. The van der Waals surface area contributed by atoms with Crippen molar-refractivity contribution in [2.45, 2.75) is 42.4 Å². The average molecular weight is 525 g/mol. The minimum absolute atomic E-state index is 0.00900. The Morgan fingerprint density at radius 1 is 1.11 bits per heavy atom. The van der Waals surface area contributed by atoms with Crippen LogP contribution < -0.4 is 5.32 Å². The molecule has 36 heavy (non-hydrogen) atoms. The summed E-state index contributed by atoms with van der Waals surface area (Å²) in [5.74, 6) is -2.02. The molecule has 0 radical (unpaired) electrons. The number of hydrogen-bond acceptors (Lipinski definition) is 4. The number of carbonyl (C=O) groups is 2. The Bertz CT molecular complexity index is 1340. The highest BCUT2D eigenvalue weighted by atomic mass is 32.2. The number of halogens is 4. The van der Waals surface area contributed by atoms with Crippen molar-refractivity contribution in [3.63, 3.8) is 0 Å². The van der Waals surface area contributed by atoms with Gasteiger partial charge in [-0.3, -0.25) is 9.59 Å². The number of carbonyl (C=O) groups excluding carboxylic acids is 2. The summed E-state index contributed by atoms with van der Waals surface area (Å²) in [5.41, 5.74) is -0.971. The molecule has 1 unspecified atom stereocenters. The van der Waals surface area contributed by atoms with Crippen LogP contribution in [0.5, 0.6) is 0 Å². The summed E-state index contributed by atoms with van der Waals surface area (Å²) in [6.07, 6.45) is -1.49. The molecule has 2 aromatic rings. The highest BCUT2D eigenvalue weighted by Gasteiger charge is 2.57. The number of amides is 2. The van der Waals surface area contributed by atoms with Crippen molar-refractivity contribution in [1.82, 2.24) is 10.2 Å². The summed E-state index contributed by atoms with van der Waals surface area (Å²) in [6, 6.07) is 6.30. The molecule has 1 saturated heterocycles. The third-order valence-electron chi connectivity index (χ3n) is 7.24. The van der Waals surface area contributed by atoms with Crippen LogP contribution in [-0.4, -0.2) is 44.0 Å². The normalized spacial score (nSPS) is 24.2. The van der Waals surface area contributed by atoms with E-state index in [1.54, 1.807) is 0 Å². The monoisotopic (exact) mass is 524 g/mol. The molecule has 2 aliphatic carbocycles. The summed E-state index contributed by atoms with van der Waals surface area (Å²) >= 11 is 0. The van der Waals surface area contributed by atoms with Gasteiger partial charge >= 0.3 is 6.18 Å². The molecule has 6 nitrogen and oxygen atoms in total. The molecule has 2 amide bonds. The van der Waals surface area contributed by atoms with Gasteiger partial charge in [-0.25, -0.2) is 12.8 Å². The van der Waals surface area contributed by atoms with Gasteiger partial charge in [0.2, 0.25) is 5.91 Å². The Morgan fingerprint density at radius 3 is 2.44 bits per heavy atom. The molecular weight excluding hydrogens is 500 g/mol. The second-order valence-electron chi connectivity index (χ2n) is 9.92. The van der Waals surface area contributed by atoms with Crippen molar-refractivity contribution in [1.29, 1.82) is 0 Å². The first kappa shape index (κ1) is 24.7. The zero-order valence-electron chi connectivity index (χ0n) is 19.3. The molecular formula is C25H24F4N2O4S. The van der Waals surface area contributed by atoms with Gasteiger partial charge in [-0.2, -0.15) is 13.2 Å². The average Bonchev–Trinajstić information content (AvgIpc) is 3.74. The number of rotatable bonds is 6. The van der Waals surface area contributed by atoms with Crippen LogP contribution in [0, 0.1) is 23.6 Å². The predicted octanol–water partition coefficient (Wildman–Crippen LogP) is 3.98. The van der Waals surface area contributed by atoms with E-state index >= 15 is 0 Å². The van der Waals surface area contributed by atoms with Crippen molar-refractivity contribution in [2.24, 2.45) is 17.8 Å². The topological polar surface area (TPSA) is 83.6 Å². The number of nitrogens with one attached hydrogen (secondary N) is 1.